The number of aromatic nitrogens is 2. The molecule has 1 heterocycles. The minimum atomic E-state index is -0.978. The van der Waals surface area contributed by atoms with Gasteiger partial charge in [-0.1, -0.05) is 25.7 Å². The molecule has 2 rings (SSSR count). The Hall–Kier alpha value is -1.36. The van der Waals surface area contributed by atoms with Crippen molar-refractivity contribution >= 4 is 5.97 Å². The second-order valence-electron chi connectivity index (χ2n) is 4.79. The van der Waals surface area contributed by atoms with E-state index >= 15 is 0 Å². The molecule has 1 saturated carbocycles. The topological polar surface area (TPSA) is 75.2 Å². The van der Waals surface area contributed by atoms with Gasteiger partial charge in [0.25, 0.3) is 0 Å². The average molecular weight is 252 g/mol. The molecule has 100 valence electrons. The van der Waals surface area contributed by atoms with Gasteiger partial charge in [-0.2, -0.15) is 0 Å². The van der Waals surface area contributed by atoms with Gasteiger partial charge in [-0.15, -0.1) is 0 Å². The monoisotopic (exact) mass is 252 g/mol. The van der Waals surface area contributed by atoms with Gasteiger partial charge in [0.1, 0.15) is 17.1 Å². The second kappa shape index (κ2) is 5.52. The number of carboxylic acids is 1. The molecule has 5 heteroatoms. The summed E-state index contributed by atoms with van der Waals surface area (Å²) >= 11 is 0. The molecule has 2 N–H and O–H groups in total. The third-order valence-corrected chi connectivity index (χ3v) is 3.57. The highest BCUT2D eigenvalue weighted by molar-refractivity contribution is 5.85. The third kappa shape index (κ3) is 2.56. The molecule has 0 spiro atoms. The maximum absolute atomic E-state index is 10.9. The minimum Gasteiger partial charge on any atom is -0.477 e. The third-order valence-electron chi connectivity index (χ3n) is 3.57. The van der Waals surface area contributed by atoms with Crippen LogP contribution < -0.4 is 0 Å². The van der Waals surface area contributed by atoms with E-state index in [2.05, 4.69) is 9.97 Å². The van der Waals surface area contributed by atoms with Crippen molar-refractivity contribution in [1.82, 2.24) is 9.97 Å². The molecule has 0 saturated heterocycles. The highest BCUT2D eigenvalue weighted by Gasteiger charge is 2.36. The summed E-state index contributed by atoms with van der Waals surface area (Å²) in [5.74, 6) is -0.308. The number of ether oxygens (including phenoxy) is 1. The zero-order valence-corrected chi connectivity index (χ0v) is 10.7. The Kier molecular flexibility index (Phi) is 4.01. The van der Waals surface area contributed by atoms with Crippen LogP contribution in [0.1, 0.15) is 61.8 Å². The fourth-order valence-corrected chi connectivity index (χ4v) is 2.69. The smallest absolute Gasteiger partial charge is 0.353 e. The van der Waals surface area contributed by atoms with Crippen LogP contribution in [-0.4, -0.2) is 27.7 Å². The number of nitrogens with one attached hydrogen (secondary N) is 1. The lowest BCUT2D eigenvalue weighted by Crippen LogP contribution is -2.31. The Balaban J connectivity index is 2.29. The minimum absolute atomic E-state index is 0.133. The Morgan fingerprint density at radius 2 is 2.11 bits per heavy atom. The van der Waals surface area contributed by atoms with Crippen molar-refractivity contribution in [2.24, 2.45) is 0 Å². The molecule has 1 aliphatic carbocycles. The molecule has 5 nitrogen and oxygen atoms in total. The van der Waals surface area contributed by atoms with Gasteiger partial charge >= 0.3 is 5.97 Å². The Morgan fingerprint density at radius 3 is 2.61 bits per heavy atom. The van der Waals surface area contributed by atoms with Gasteiger partial charge in [-0.3, -0.25) is 0 Å². The number of aromatic carboxylic acids is 1. The Bertz CT molecular complexity index is 406. The summed E-state index contributed by atoms with van der Waals surface area (Å²) in [7, 11) is 0. The molecule has 1 aliphatic rings. The Morgan fingerprint density at radius 1 is 1.44 bits per heavy atom. The number of H-pyrrole nitrogens is 1. The molecule has 18 heavy (non-hydrogen) atoms. The van der Waals surface area contributed by atoms with Crippen molar-refractivity contribution in [1.29, 1.82) is 0 Å². The first-order chi connectivity index (χ1) is 8.68. The number of hydrogen-bond acceptors (Lipinski definition) is 3. The van der Waals surface area contributed by atoms with Crippen LogP contribution in [0.15, 0.2) is 6.20 Å². The maximum Gasteiger partial charge on any atom is 0.353 e. The van der Waals surface area contributed by atoms with Crippen LogP contribution >= 0.6 is 0 Å². The average Bonchev–Trinajstić information content (AvgIpc) is 2.73. The van der Waals surface area contributed by atoms with E-state index in [0.29, 0.717) is 12.4 Å². The fourth-order valence-electron chi connectivity index (χ4n) is 2.69. The fraction of sp³-hybridized carbons (Fsp3) is 0.692. The molecule has 1 aromatic rings. The lowest BCUT2D eigenvalue weighted by molar-refractivity contribution is -0.0619. The van der Waals surface area contributed by atoms with E-state index in [9.17, 15) is 4.79 Å². The largest absolute Gasteiger partial charge is 0.477 e. The van der Waals surface area contributed by atoms with E-state index in [-0.39, 0.29) is 5.69 Å². The molecule has 0 atom stereocenters. The van der Waals surface area contributed by atoms with E-state index in [0.717, 1.165) is 25.7 Å². The predicted molar refractivity (Wildman–Crippen MR) is 66.6 cm³/mol. The number of carboxylic acid groups (broad SMARTS) is 1. The van der Waals surface area contributed by atoms with Crippen LogP contribution in [0.3, 0.4) is 0 Å². The first kappa shape index (κ1) is 13.1. The molecule has 0 aromatic carbocycles. The van der Waals surface area contributed by atoms with Crippen LogP contribution in [0.2, 0.25) is 0 Å². The molecule has 0 amide bonds. The highest BCUT2D eigenvalue weighted by atomic mass is 16.5. The van der Waals surface area contributed by atoms with Crippen LogP contribution in [0.25, 0.3) is 0 Å². The number of imidazole rings is 1. The second-order valence-corrected chi connectivity index (χ2v) is 4.79. The predicted octanol–water partition coefficient (Wildman–Crippen LogP) is 2.69. The zero-order valence-electron chi connectivity index (χ0n) is 10.7. The summed E-state index contributed by atoms with van der Waals surface area (Å²) in [6.45, 7) is 2.58. The van der Waals surface area contributed by atoms with Gasteiger partial charge in [0.05, 0.1) is 6.20 Å². The molecule has 1 aromatic heterocycles. The summed E-state index contributed by atoms with van der Waals surface area (Å²) in [5.41, 5.74) is -0.285. The lowest BCUT2D eigenvalue weighted by atomic mass is 9.93. The van der Waals surface area contributed by atoms with E-state index in [1.807, 2.05) is 6.92 Å². The number of carbonyl (C=O) groups is 1. The molecule has 1 fully saturated rings. The van der Waals surface area contributed by atoms with Crippen molar-refractivity contribution in [3.8, 4) is 0 Å². The van der Waals surface area contributed by atoms with Crippen molar-refractivity contribution < 1.29 is 14.6 Å². The van der Waals surface area contributed by atoms with Gasteiger partial charge in [0.15, 0.2) is 0 Å². The van der Waals surface area contributed by atoms with Crippen molar-refractivity contribution in [3.63, 3.8) is 0 Å². The van der Waals surface area contributed by atoms with Crippen LogP contribution in [0.4, 0.5) is 0 Å². The van der Waals surface area contributed by atoms with E-state index < -0.39 is 11.6 Å². The first-order valence-corrected chi connectivity index (χ1v) is 6.61. The van der Waals surface area contributed by atoms with Gasteiger partial charge in [0, 0.05) is 6.61 Å². The van der Waals surface area contributed by atoms with E-state index in [4.69, 9.17) is 9.84 Å². The Labute approximate surface area is 107 Å². The lowest BCUT2D eigenvalue weighted by Gasteiger charge is -2.30. The van der Waals surface area contributed by atoms with Crippen molar-refractivity contribution in [3.05, 3.63) is 17.7 Å². The molecule has 0 bridgehead atoms. The van der Waals surface area contributed by atoms with Crippen LogP contribution in [0, 0.1) is 0 Å². The van der Waals surface area contributed by atoms with E-state index in [1.54, 1.807) is 0 Å². The normalized spacial score (nSPS) is 19.4. The SMILES string of the molecule is CCOC1(c2ncc(C(=O)O)[nH]2)CCCCCC1. The van der Waals surface area contributed by atoms with Gasteiger partial charge in [-0.05, 0) is 19.8 Å². The van der Waals surface area contributed by atoms with Gasteiger partial charge in [0.2, 0.25) is 0 Å². The quantitative estimate of drug-likeness (QED) is 0.808. The summed E-state index contributed by atoms with van der Waals surface area (Å²) < 4.78 is 5.94. The molecule has 0 unspecified atom stereocenters. The number of rotatable bonds is 4. The number of aromatic amines is 1. The molecule has 0 radical (unpaired) electrons. The maximum atomic E-state index is 10.9. The molecular formula is C13H20N2O3. The number of nitrogens with zero attached hydrogens (tertiary/aromatic N) is 1. The number of hydrogen-bond donors (Lipinski definition) is 2. The first-order valence-electron chi connectivity index (χ1n) is 6.61. The zero-order chi connectivity index (χ0) is 13.0. The summed E-state index contributed by atoms with van der Waals surface area (Å²) in [4.78, 5) is 18.0. The van der Waals surface area contributed by atoms with Gasteiger partial charge in [-0.25, -0.2) is 9.78 Å². The van der Waals surface area contributed by atoms with Gasteiger partial charge < -0.3 is 14.8 Å². The van der Waals surface area contributed by atoms with Crippen molar-refractivity contribution in [2.75, 3.05) is 6.61 Å². The standard InChI is InChI=1S/C13H20N2O3/c1-2-18-13(7-5-3-4-6-8-13)12-14-9-10(15-12)11(16)17/h9H,2-8H2,1H3,(H,14,15)(H,16,17). The molecule has 0 aliphatic heterocycles. The van der Waals surface area contributed by atoms with Crippen molar-refractivity contribution in [2.45, 2.75) is 51.0 Å². The summed E-state index contributed by atoms with van der Waals surface area (Å²) in [6, 6.07) is 0. The summed E-state index contributed by atoms with van der Waals surface area (Å²) in [5, 5.41) is 8.95. The summed E-state index contributed by atoms with van der Waals surface area (Å²) in [6.07, 6.45) is 7.82. The van der Waals surface area contributed by atoms with Crippen LogP contribution in [-0.2, 0) is 10.3 Å². The highest BCUT2D eigenvalue weighted by Crippen LogP contribution is 2.37. The van der Waals surface area contributed by atoms with E-state index in [1.165, 1.54) is 19.0 Å². The molecular weight excluding hydrogens is 232 g/mol. The van der Waals surface area contributed by atoms with Crippen LogP contribution in [0.5, 0.6) is 0 Å².